The lowest BCUT2D eigenvalue weighted by Crippen LogP contribution is -1.93. The molecule has 0 amide bonds. The van der Waals surface area contributed by atoms with Crippen LogP contribution in [0, 0.1) is 0 Å². The second-order valence-electron chi connectivity index (χ2n) is 5.44. The number of nitrogens with two attached hydrogens (primary N) is 1. The average Bonchev–Trinajstić information content (AvgIpc) is 3.28. The van der Waals surface area contributed by atoms with Crippen molar-refractivity contribution in [3.05, 3.63) is 72.4 Å². The Morgan fingerprint density at radius 3 is 2.40 bits per heavy atom. The number of aromatic nitrogens is 5. The van der Waals surface area contributed by atoms with Crippen LogP contribution in [0.3, 0.4) is 0 Å². The maximum atomic E-state index is 5.59. The molecule has 0 atom stereocenters. The molecule has 0 aliphatic rings. The summed E-state index contributed by atoms with van der Waals surface area (Å²) in [6.07, 6.45) is 2.06. The molecule has 25 heavy (non-hydrogen) atoms. The number of anilines is 1. The highest BCUT2D eigenvalue weighted by Crippen LogP contribution is 2.28. The molecule has 0 spiro atoms. The average molecular weight is 348 g/mol. The number of aromatic amines is 1. The van der Waals surface area contributed by atoms with E-state index in [0.29, 0.717) is 16.9 Å². The summed E-state index contributed by atoms with van der Waals surface area (Å²) in [5, 5.41) is 12.2. The van der Waals surface area contributed by atoms with Crippen LogP contribution in [0.15, 0.2) is 72.0 Å². The minimum absolute atomic E-state index is 0.325. The van der Waals surface area contributed by atoms with Gasteiger partial charge in [-0.2, -0.15) is 10.1 Å². The number of nitrogen functional groups attached to an aromatic ring is 1. The molecule has 7 heteroatoms. The van der Waals surface area contributed by atoms with E-state index in [2.05, 4.69) is 33.5 Å². The van der Waals surface area contributed by atoms with Gasteiger partial charge in [0, 0.05) is 23.1 Å². The summed E-state index contributed by atoms with van der Waals surface area (Å²) in [4.78, 5) is 4.14. The number of hydrogen-bond donors (Lipinski definition) is 2. The van der Waals surface area contributed by atoms with Gasteiger partial charge in [0.15, 0.2) is 0 Å². The number of nitrogens with one attached hydrogen (secondary N) is 1. The van der Waals surface area contributed by atoms with Gasteiger partial charge in [-0.1, -0.05) is 60.3 Å². The maximum Gasteiger partial charge on any atom is 0.216 e. The van der Waals surface area contributed by atoms with E-state index in [1.54, 1.807) is 0 Å². The number of nitrogens with zero attached hydrogens (tertiary/aromatic N) is 4. The van der Waals surface area contributed by atoms with Crippen LogP contribution in [-0.2, 0) is 5.75 Å². The summed E-state index contributed by atoms with van der Waals surface area (Å²) in [5.41, 5.74) is 9.77. The molecule has 2 aromatic heterocycles. The Bertz CT molecular complexity index is 962. The SMILES string of the molecule is Nc1nc(SCc2cn(-c3ccccc3)nc2-c2ccccc2)n[nH]1. The molecule has 3 N–H and O–H groups in total. The van der Waals surface area contributed by atoms with Gasteiger partial charge in [-0.05, 0) is 12.1 Å². The van der Waals surface area contributed by atoms with Crippen LogP contribution >= 0.6 is 11.8 Å². The molecule has 0 unspecified atom stereocenters. The molecular weight excluding hydrogens is 332 g/mol. The second-order valence-corrected chi connectivity index (χ2v) is 6.38. The number of hydrogen-bond acceptors (Lipinski definition) is 5. The van der Waals surface area contributed by atoms with Gasteiger partial charge in [-0.25, -0.2) is 9.78 Å². The number of rotatable bonds is 5. The third-order valence-corrected chi connectivity index (χ3v) is 4.59. The second kappa shape index (κ2) is 6.82. The van der Waals surface area contributed by atoms with Gasteiger partial charge in [0.05, 0.1) is 11.4 Å². The van der Waals surface area contributed by atoms with Gasteiger partial charge in [0.2, 0.25) is 11.1 Å². The third kappa shape index (κ3) is 3.41. The normalized spacial score (nSPS) is 10.9. The summed E-state index contributed by atoms with van der Waals surface area (Å²) in [5.74, 6) is 1.03. The van der Waals surface area contributed by atoms with Crippen LogP contribution in [-0.4, -0.2) is 25.0 Å². The molecular formula is C18H16N6S. The zero-order valence-electron chi connectivity index (χ0n) is 13.3. The van der Waals surface area contributed by atoms with Crippen LogP contribution in [0.2, 0.25) is 0 Å². The Kier molecular flexibility index (Phi) is 4.22. The summed E-state index contributed by atoms with van der Waals surface area (Å²) < 4.78 is 1.91. The van der Waals surface area contributed by atoms with Crippen molar-refractivity contribution in [2.24, 2.45) is 0 Å². The summed E-state index contributed by atoms with van der Waals surface area (Å²) in [6, 6.07) is 20.2. The molecule has 0 radical (unpaired) electrons. The molecule has 0 bridgehead atoms. The molecule has 4 aromatic rings. The molecule has 0 aliphatic heterocycles. The summed E-state index contributed by atoms with van der Waals surface area (Å²) in [6.45, 7) is 0. The van der Waals surface area contributed by atoms with Gasteiger partial charge >= 0.3 is 0 Å². The fourth-order valence-electron chi connectivity index (χ4n) is 2.53. The van der Waals surface area contributed by atoms with Gasteiger partial charge < -0.3 is 5.73 Å². The standard InChI is InChI=1S/C18H16N6S/c19-17-20-18(22-21-17)25-12-14-11-24(15-9-5-2-6-10-15)23-16(14)13-7-3-1-4-8-13/h1-11H,12H2,(H3,19,20,21,22). The van der Waals surface area contributed by atoms with Crippen molar-refractivity contribution in [2.45, 2.75) is 10.9 Å². The van der Waals surface area contributed by atoms with Crippen LogP contribution in [0.1, 0.15) is 5.56 Å². The smallest absolute Gasteiger partial charge is 0.216 e. The van der Waals surface area contributed by atoms with Crippen molar-refractivity contribution in [3.8, 4) is 16.9 Å². The highest BCUT2D eigenvalue weighted by atomic mass is 32.2. The van der Waals surface area contributed by atoms with E-state index < -0.39 is 0 Å². The van der Waals surface area contributed by atoms with Crippen molar-refractivity contribution < 1.29 is 0 Å². The Labute approximate surface area is 149 Å². The van der Waals surface area contributed by atoms with Gasteiger partial charge in [-0.15, -0.1) is 5.10 Å². The van der Waals surface area contributed by atoms with E-state index >= 15 is 0 Å². The topological polar surface area (TPSA) is 85.4 Å². The molecule has 124 valence electrons. The van der Waals surface area contributed by atoms with E-state index in [1.807, 2.05) is 53.2 Å². The highest BCUT2D eigenvalue weighted by molar-refractivity contribution is 7.98. The summed E-state index contributed by atoms with van der Waals surface area (Å²) >= 11 is 1.52. The maximum absolute atomic E-state index is 5.59. The van der Waals surface area contributed by atoms with Gasteiger partial charge in [0.25, 0.3) is 0 Å². The minimum Gasteiger partial charge on any atom is -0.368 e. The van der Waals surface area contributed by atoms with E-state index in [1.165, 1.54) is 11.8 Å². The lowest BCUT2D eigenvalue weighted by molar-refractivity contribution is 0.884. The van der Waals surface area contributed by atoms with Gasteiger partial charge in [0.1, 0.15) is 0 Å². The minimum atomic E-state index is 0.325. The molecule has 0 saturated carbocycles. The fraction of sp³-hybridized carbons (Fsp3) is 0.0556. The van der Waals surface area contributed by atoms with E-state index in [0.717, 1.165) is 22.5 Å². The Morgan fingerprint density at radius 1 is 1.00 bits per heavy atom. The largest absolute Gasteiger partial charge is 0.368 e. The van der Waals surface area contributed by atoms with E-state index in [9.17, 15) is 0 Å². The first-order valence-corrected chi connectivity index (χ1v) is 8.78. The molecule has 4 rings (SSSR count). The lowest BCUT2D eigenvalue weighted by atomic mass is 10.1. The Hall–Kier alpha value is -3.06. The predicted molar refractivity (Wildman–Crippen MR) is 99.4 cm³/mol. The van der Waals surface area contributed by atoms with Crippen molar-refractivity contribution in [1.29, 1.82) is 0 Å². The van der Waals surface area contributed by atoms with Crippen molar-refractivity contribution >= 4 is 17.7 Å². The zero-order valence-corrected chi connectivity index (χ0v) is 14.1. The zero-order chi connectivity index (χ0) is 17.1. The third-order valence-electron chi connectivity index (χ3n) is 3.70. The number of H-pyrrole nitrogens is 1. The molecule has 2 heterocycles. The molecule has 0 aliphatic carbocycles. The van der Waals surface area contributed by atoms with Crippen molar-refractivity contribution in [3.63, 3.8) is 0 Å². The van der Waals surface area contributed by atoms with Crippen LogP contribution in [0.25, 0.3) is 16.9 Å². The summed E-state index contributed by atoms with van der Waals surface area (Å²) in [7, 11) is 0. The van der Waals surface area contributed by atoms with Crippen molar-refractivity contribution in [1.82, 2.24) is 25.0 Å². The number of para-hydroxylation sites is 1. The van der Waals surface area contributed by atoms with Crippen LogP contribution < -0.4 is 5.73 Å². The molecule has 0 fully saturated rings. The van der Waals surface area contributed by atoms with Crippen LogP contribution in [0.4, 0.5) is 5.95 Å². The Balaban J connectivity index is 1.69. The lowest BCUT2D eigenvalue weighted by Gasteiger charge is -2.01. The van der Waals surface area contributed by atoms with E-state index in [4.69, 9.17) is 10.8 Å². The fourth-order valence-corrected chi connectivity index (χ4v) is 3.30. The quantitative estimate of drug-likeness (QED) is 0.539. The number of thioether (sulfide) groups is 1. The number of benzene rings is 2. The van der Waals surface area contributed by atoms with Crippen molar-refractivity contribution in [2.75, 3.05) is 5.73 Å². The first-order valence-electron chi connectivity index (χ1n) is 7.79. The first-order chi connectivity index (χ1) is 12.3. The Morgan fingerprint density at radius 2 is 1.72 bits per heavy atom. The van der Waals surface area contributed by atoms with E-state index in [-0.39, 0.29) is 0 Å². The first kappa shape index (κ1) is 15.5. The van der Waals surface area contributed by atoms with Crippen LogP contribution in [0.5, 0.6) is 0 Å². The predicted octanol–water partition coefficient (Wildman–Crippen LogP) is 3.53. The van der Waals surface area contributed by atoms with Gasteiger partial charge in [-0.3, -0.25) is 0 Å². The molecule has 2 aromatic carbocycles. The monoisotopic (exact) mass is 348 g/mol. The highest BCUT2D eigenvalue weighted by Gasteiger charge is 2.13. The molecule has 0 saturated heterocycles. The molecule has 6 nitrogen and oxygen atoms in total.